The van der Waals surface area contributed by atoms with Crippen LogP contribution >= 0.6 is 0 Å². The SMILES string of the molecule is O=C1[CH]CC[N]1. The summed E-state index contributed by atoms with van der Waals surface area (Å²) in [5, 5.41) is 3.54. The molecule has 1 saturated heterocycles. The normalized spacial score (nSPS) is 21.0. The van der Waals surface area contributed by atoms with Gasteiger partial charge in [-0.3, -0.25) is 10.1 Å². The van der Waals surface area contributed by atoms with Crippen LogP contribution in [0, 0.1) is 6.42 Å². The van der Waals surface area contributed by atoms with E-state index >= 15 is 0 Å². The summed E-state index contributed by atoms with van der Waals surface area (Å²) in [6.45, 7) is 0.707. The molecule has 0 bridgehead atoms. The molecule has 0 aromatic heterocycles. The van der Waals surface area contributed by atoms with Gasteiger partial charge in [0.1, 0.15) is 0 Å². The molecule has 1 amide bonds. The fourth-order valence-electron chi connectivity index (χ4n) is 0.427. The van der Waals surface area contributed by atoms with Crippen LogP contribution in [0.15, 0.2) is 0 Å². The van der Waals surface area contributed by atoms with Crippen LogP contribution in [-0.4, -0.2) is 12.5 Å². The topological polar surface area (TPSA) is 31.2 Å². The monoisotopic (exact) mass is 83.0 g/mol. The lowest BCUT2D eigenvalue weighted by molar-refractivity contribution is -0.116. The van der Waals surface area contributed by atoms with Gasteiger partial charge in [-0.05, 0) is 6.42 Å². The van der Waals surface area contributed by atoms with Crippen molar-refractivity contribution in [2.24, 2.45) is 0 Å². The first-order chi connectivity index (χ1) is 2.89. The van der Waals surface area contributed by atoms with Crippen LogP contribution in [0.25, 0.3) is 0 Å². The van der Waals surface area contributed by atoms with E-state index < -0.39 is 0 Å². The first-order valence-corrected chi connectivity index (χ1v) is 1.94. The fraction of sp³-hybridized carbons (Fsp3) is 0.500. The summed E-state index contributed by atoms with van der Waals surface area (Å²) in [7, 11) is 0. The van der Waals surface area contributed by atoms with Crippen molar-refractivity contribution in [1.82, 2.24) is 5.32 Å². The van der Waals surface area contributed by atoms with Gasteiger partial charge in [-0.2, -0.15) is 0 Å². The number of hydrogen-bond acceptors (Lipinski definition) is 1. The van der Waals surface area contributed by atoms with Gasteiger partial charge in [0, 0.05) is 6.54 Å². The van der Waals surface area contributed by atoms with E-state index in [-0.39, 0.29) is 5.91 Å². The number of carbonyl (C=O) groups excluding carboxylic acids is 1. The molecule has 2 nitrogen and oxygen atoms in total. The second kappa shape index (κ2) is 1.29. The summed E-state index contributed by atoms with van der Waals surface area (Å²) in [4.78, 5) is 10.0. The quantitative estimate of drug-likeness (QED) is 0.396. The van der Waals surface area contributed by atoms with Gasteiger partial charge in [0.15, 0.2) is 0 Å². The third-order valence-electron chi connectivity index (χ3n) is 0.716. The van der Waals surface area contributed by atoms with E-state index in [2.05, 4.69) is 5.32 Å². The lowest BCUT2D eigenvalue weighted by Gasteiger charge is -1.74. The number of carbonyl (C=O) groups is 1. The Labute approximate surface area is 36.5 Å². The molecular weight excluding hydrogens is 78.0 g/mol. The molecule has 0 aromatic carbocycles. The molecule has 0 unspecified atom stereocenters. The molecule has 1 rings (SSSR count). The first-order valence-electron chi connectivity index (χ1n) is 1.94. The zero-order valence-electron chi connectivity index (χ0n) is 3.35. The summed E-state index contributed by atoms with van der Waals surface area (Å²) < 4.78 is 0. The van der Waals surface area contributed by atoms with E-state index in [1.165, 1.54) is 0 Å². The van der Waals surface area contributed by atoms with E-state index in [9.17, 15) is 4.79 Å². The maximum atomic E-state index is 10.0. The molecule has 2 heteroatoms. The molecule has 6 heavy (non-hydrogen) atoms. The van der Waals surface area contributed by atoms with Crippen molar-refractivity contribution in [3.8, 4) is 0 Å². The van der Waals surface area contributed by atoms with Crippen molar-refractivity contribution < 1.29 is 4.79 Å². The van der Waals surface area contributed by atoms with Crippen LogP contribution in [0.4, 0.5) is 0 Å². The Hall–Kier alpha value is -0.530. The van der Waals surface area contributed by atoms with Gasteiger partial charge >= 0.3 is 0 Å². The molecule has 0 N–H and O–H groups in total. The average molecular weight is 83.1 g/mol. The van der Waals surface area contributed by atoms with Gasteiger partial charge in [0.05, 0.1) is 6.42 Å². The zero-order chi connectivity index (χ0) is 4.41. The Morgan fingerprint density at radius 2 is 2.67 bits per heavy atom. The Balaban J connectivity index is 2.37. The third kappa shape index (κ3) is 0.506. The second-order valence-corrected chi connectivity index (χ2v) is 1.21. The van der Waals surface area contributed by atoms with Crippen LogP contribution < -0.4 is 5.32 Å². The number of rotatable bonds is 0. The van der Waals surface area contributed by atoms with Crippen molar-refractivity contribution in [2.75, 3.05) is 6.54 Å². The number of hydrogen-bond donors (Lipinski definition) is 0. The van der Waals surface area contributed by atoms with Gasteiger partial charge in [0.25, 0.3) is 0 Å². The van der Waals surface area contributed by atoms with Gasteiger partial charge in [-0.25, -0.2) is 0 Å². The minimum atomic E-state index is -0.0463. The smallest absolute Gasteiger partial charge is 0.245 e. The Kier molecular flexibility index (Phi) is 0.783. The fourth-order valence-corrected chi connectivity index (χ4v) is 0.427. The third-order valence-corrected chi connectivity index (χ3v) is 0.716. The van der Waals surface area contributed by atoms with Crippen molar-refractivity contribution in [3.63, 3.8) is 0 Å². The summed E-state index contributed by atoms with van der Waals surface area (Å²) >= 11 is 0. The first kappa shape index (κ1) is 3.65. The molecule has 2 radical (unpaired) electrons. The average Bonchev–Trinajstić information content (AvgIpc) is 1.86. The Morgan fingerprint density at radius 1 is 1.83 bits per heavy atom. The van der Waals surface area contributed by atoms with Gasteiger partial charge in [-0.15, -0.1) is 0 Å². The van der Waals surface area contributed by atoms with Gasteiger partial charge in [-0.1, -0.05) is 0 Å². The van der Waals surface area contributed by atoms with E-state index in [1.807, 2.05) is 0 Å². The minimum Gasteiger partial charge on any atom is -0.273 e. The highest BCUT2D eigenvalue weighted by Gasteiger charge is 2.08. The second-order valence-electron chi connectivity index (χ2n) is 1.21. The molecule has 1 aliphatic heterocycles. The summed E-state index contributed by atoms with van der Waals surface area (Å²) in [5.41, 5.74) is 0. The summed E-state index contributed by atoms with van der Waals surface area (Å²) in [5.74, 6) is -0.0463. The maximum Gasteiger partial charge on any atom is 0.245 e. The van der Waals surface area contributed by atoms with E-state index in [4.69, 9.17) is 0 Å². The molecular formula is C4H5NO. The maximum absolute atomic E-state index is 10.0. The van der Waals surface area contributed by atoms with Crippen molar-refractivity contribution in [3.05, 3.63) is 6.42 Å². The molecule has 0 spiro atoms. The highest BCUT2D eigenvalue weighted by Crippen LogP contribution is 1.93. The molecule has 1 aliphatic rings. The number of amides is 1. The van der Waals surface area contributed by atoms with Crippen LogP contribution in [0.3, 0.4) is 0 Å². The van der Waals surface area contributed by atoms with Crippen molar-refractivity contribution in [1.29, 1.82) is 0 Å². The molecule has 0 saturated carbocycles. The lowest BCUT2D eigenvalue weighted by atomic mass is 10.4. The van der Waals surface area contributed by atoms with Crippen LogP contribution in [0.1, 0.15) is 6.42 Å². The minimum absolute atomic E-state index is 0.0463. The molecule has 0 aromatic rings. The van der Waals surface area contributed by atoms with Gasteiger partial charge < -0.3 is 0 Å². The molecule has 0 aliphatic carbocycles. The predicted octanol–water partition coefficient (Wildman–Crippen LogP) is -0.275. The zero-order valence-corrected chi connectivity index (χ0v) is 3.35. The Morgan fingerprint density at radius 3 is 2.83 bits per heavy atom. The lowest BCUT2D eigenvalue weighted by Crippen LogP contribution is -2.03. The standard InChI is InChI=1S/C4H5NO/c6-4-2-1-3-5-4/h2H,1,3H2. The Bertz CT molecular complexity index is 61.9. The predicted molar refractivity (Wildman–Crippen MR) is 20.9 cm³/mol. The van der Waals surface area contributed by atoms with Crippen LogP contribution in [0.5, 0.6) is 0 Å². The molecule has 1 fully saturated rings. The van der Waals surface area contributed by atoms with Gasteiger partial charge in [0.2, 0.25) is 5.91 Å². The summed E-state index contributed by atoms with van der Waals surface area (Å²) in [6.07, 6.45) is 2.44. The summed E-state index contributed by atoms with van der Waals surface area (Å²) in [6, 6.07) is 0. The molecule has 0 atom stereocenters. The van der Waals surface area contributed by atoms with E-state index in [1.54, 1.807) is 6.42 Å². The highest BCUT2D eigenvalue weighted by atomic mass is 16.1. The van der Waals surface area contributed by atoms with Crippen molar-refractivity contribution in [2.45, 2.75) is 6.42 Å². The highest BCUT2D eigenvalue weighted by molar-refractivity contribution is 5.86. The number of nitrogens with zero attached hydrogens (tertiary/aromatic N) is 1. The molecule has 1 heterocycles. The van der Waals surface area contributed by atoms with Crippen LogP contribution in [-0.2, 0) is 4.79 Å². The van der Waals surface area contributed by atoms with Crippen molar-refractivity contribution >= 4 is 5.91 Å². The van der Waals surface area contributed by atoms with E-state index in [0.717, 1.165) is 6.42 Å². The largest absolute Gasteiger partial charge is 0.273 e. The van der Waals surface area contributed by atoms with Crippen LogP contribution in [0.2, 0.25) is 0 Å². The molecule has 32 valence electrons. The van der Waals surface area contributed by atoms with E-state index in [0.29, 0.717) is 6.54 Å².